The Morgan fingerprint density at radius 1 is 1.35 bits per heavy atom. The Kier molecular flexibility index (Phi) is 5.25. The molecule has 0 aliphatic rings. The van der Waals surface area contributed by atoms with Gasteiger partial charge in [0.2, 0.25) is 10.0 Å². The van der Waals surface area contributed by atoms with Crippen molar-refractivity contribution in [3.63, 3.8) is 0 Å². The van der Waals surface area contributed by atoms with E-state index >= 15 is 0 Å². The molecule has 96 valence electrons. The number of sulfonamides is 1. The van der Waals surface area contributed by atoms with Crippen molar-refractivity contribution in [1.82, 2.24) is 4.72 Å². The van der Waals surface area contributed by atoms with Crippen LogP contribution in [0.15, 0.2) is 18.2 Å². The van der Waals surface area contributed by atoms with Gasteiger partial charge < -0.3 is 0 Å². The van der Waals surface area contributed by atoms with Crippen molar-refractivity contribution in [2.24, 2.45) is 0 Å². The fourth-order valence-electron chi connectivity index (χ4n) is 1.27. The Labute approximate surface area is 112 Å². The van der Waals surface area contributed by atoms with Crippen molar-refractivity contribution in [3.8, 4) is 0 Å². The van der Waals surface area contributed by atoms with Gasteiger partial charge in [0.25, 0.3) is 0 Å². The van der Waals surface area contributed by atoms with E-state index in [2.05, 4.69) is 4.72 Å². The quantitative estimate of drug-likeness (QED) is 0.907. The molecule has 0 amide bonds. The molecule has 3 nitrogen and oxygen atoms in total. The van der Waals surface area contributed by atoms with E-state index in [1.54, 1.807) is 12.1 Å². The summed E-state index contributed by atoms with van der Waals surface area (Å²) in [5.41, 5.74) is 0.548. The summed E-state index contributed by atoms with van der Waals surface area (Å²) >= 11 is 11.7. The van der Waals surface area contributed by atoms with E-state index in [9.17, 15) is 8.42 Å². The second-order valence-corrected chi connectivity index (χ2v) is 6.52. The first kappa shape index (κ1) is 14.8. The molecule has 1 aromatic rings. The molecule has 0 unspecified atom stereocenters. The van der Waals surface area contributed by atoms with Gasteiger partial charge in [-0.3, -0.25) is 0 Å². The Balaban J connectivity index is 2.83. The molecule has 1 rings (SSSR count). The molecular weight excluding hydrogens is 281 g/mol. The second kappa shape index (κ2) is 6.05. The summed E-state index contributed by atoms with van der Waals surface area (Å²) in [7, 11) is -3.36. The van der Waals surface area contributed by atoms with Gasteiger partial charge in [-0.05, 0) is 31.0 Å². The maximum atomic E-state index is 11.8. The van der Waals surface area contributed by atoms with Crippen LogP contribution in [0.25, 0.3) is 0 Å². The lowest BCUT2D eigenvalue weighted by molar-refractivity contribution is 0.555. The molecule has 0 saturated carbocycles. The fraction of sp³-hybridized carbons (Fsp3) is 0.455. The van der Waals surface area contributed by atoms with Crippen LogP contribution in [-0.4, -0.2) is 14.5 Å². The fourth-order valence-corrected chi connectivity index (χ4v) is 3.35. The third-order valence-electron chi connectivity index (χ3n) is 2.35. The Morgan fingerprint density at radius 2 is 2.00 bits per heavy atom. The third-order valence-corrected chi connectivity index (χ3v) is 4.39. The topological polar surface area (TPSA) is 46.2 Å². The largest absolute Gasteiger partial charge is 0.216 e. The summed E-state index contributed by atoms with van der Waals surface area (Å²) in [5, 5.41) is 0.859. The van der Waals surface area contributed by atoms with Crippen molar-refractivity contribution >= 4 is 33.2 Å². The monoisotopic (exact) mass is 295 g/mol. The van der Waals surface area contributed by atoms with Gasteiger partial charge in [0.05, 0.1) is 5.75 Å². The molecule has 0 bridgehead atoms. The summed E-state index contributed by atoms with van der Waals surface area (Å²) in [6, 6.07) is 4.71. The molecule has 1 aromatic carbocycles. The summed E-state index contributed by atoms with van der Waals surface area (Å²) in [4.78, 5) is 0. The van der Waals surface area contributed by atoms with Crippen LogP contribution in [0.5, 0.6) is 0 Å². The van der Waals surface area contributed by atoms with Gasteiger partial charge in [0.15, 0.2) is 0 Å². The molecule has 0 radical (unpaired) electrons. The molecule has 6 heteroatoms. The van der Waals surface area contributed by atoms with Crippen LogP contribution < -0.4 is 4.72 Å². The van der Waals surface area contributed by atoms with Crippen LogP contribution >= 0.6 is 23.2 Å². The predicted octanol–water partition coefficient (Wildman–Crippen LogP) is 3.21. The normalized spacial score (nSPS) is 13.6. The van der Waals surface area contributed by atoms with E-state index in [1.165, 1.54) is 6.07 Å². The maximum absolute atomic E-state index is 11.8. The third kappa shape index (κ3) is 4.84. The van der Waals surface area contributed by atoms with Crippen LogP contribution in [0.1, 0.15) is 25.8 Å². The van der Waals surface area contributed by atoms with Crippen molar-refractivity contribution in [2.45, 2.75) is 32.1 Å². The first-order valence-corrected chi connectivity index (χ1v) is 7.69. The zero-order valence-corrected chi connectivity index (χ0v) is 12.0. The van der Waals surface area contributed by atoms with Gasteiger partial charge in [-0.1, -0.05) is 36.2 Å². The molecule has 0 spiro atoms. The molecule has 0 heterocycles. The lowest BCUT2D eigenvalue weighted by Gasteiger charge is -2.12. The minimum Gasteiger partial charge on any atom is -0.212 e. The van der Waals surface area contributed by atoms with Gasteiger partial charge in [-0.15, -0.1) is 0 Å². The summed E-state index contributed by atoms with van der Waals surface area (Å²) in [6.45, 7) is 3.74. The van der Waals surface area contributed by atoms with E-state index in [-0.39, 0.29) is 11.8 Å². The summed E-state index contributed by atoms with van der Waals surface area (Å²) in [5.74, 6) is -0.132. The van der Waals surface area contributed by atoms with Crippen molar-refractivity contribution in [1.29, 1.82) is 0 Å². The van der Waals surface area contributed by atoms with Crippen LogP contribution in [0, 0.1) is 0 Å². The summed E-state index contributed by atoms with van der Waals surface area (Å²) in [6.07, 6.45) is 0.744. The molecule has 0 saturated heterocycles. The van der Waals surface area contributed by atoms with Gasteiger partial charge in [-0.25, -0.2) is 13.1 Å². The highest BCUT2D eigenvalue weighted by Gasteiger charge is 2.16. The van der Waals surface area contributed by atoms with Crippen molar-refractivity contribution in [2.75, 3.05) is 0 Å². The van der Waals surface area contributed by atoms with Gasteiger partial charge >= 0.3 is 0 Å². The zero-order chi connectivity index (χ0) is 13.1. The van der Waals surface area contributed by atoms with Crippen molar-refractivity contribution < 1.29 is 8.42 Å². The van der Waals surface area contributed by atoms with Gasteiger partial charge in [0, 0.05) is 16.1 Å². The van der Waals surface area contributed by atoms with Crippen molar-refractivity contribution in [3.05, 3.63) is 33.8 Å². The molecule has 1 atom stereocenters. The van der Waals surface area contributed by atoms with Gasteiger partial charge in [0.1, 0.15) is 0 Å². The number of nitrogens with one attached hydrogen (secondary N) is 1. The number of halogens is 2. The highest BCUT2D eigenvalue weighted by Crippen LogP contribution is 2.22. The Hall–Kier alpha value is -0.290. The number of hydrogen-bond donors (Lipinski definition) is 1. The molecule has 1 N–H and O–H groups in total. The first-order chi connectivity index (χ1) is 7.84. The second-order valence-electron chi connectivity index (χ2n) is 3.92. The van der Waals surface area contributed by atoms with Crippen LogP contribution in [0.3, 0.4) is 0 Å². The highest BCUT2D eigenvalue weighted by atomic mass is 35.5. The van der Waals surface area contributed by atoms with Crippen LogP contribution in [0.2, 0.25) is 10.0 Å². The zero-order valence-electron chi connectivity index (χ0n) is 9.70. The number of rotatable bonds is 5. The highest BCUT2D eigenvalue weighted by molar-refractivity contribution is 7.88. The summed E-state index contributed by atoms with van der Waals surface area (Å²) < 4.78 is 26.2. The molecule has 0 aliphatic carbocycles. The minimum atomic E-state index is -3.36. The molecule has 17 heavy (non-hydrogen) atoms. The van der Waals surface area contributed by atoms with E-state index in [0.717, 1.165) is 6.42 Å². The van der Waals surface area contributed by atoms with Gasteiger partial charge in [-0.2, -0.15) is 0 Å². The Bertz CT molecular complexity index is 488. The van der Waals surface area contributed by atoms with Crippen LogP contribution in [0.4, 0.5) is 0 Å². The van der Waals surface area contributed by atoms with E-state index in [1.807, 2.05) is 13.8 Å². The average molecular weight is 296 g/mol. The molecule has 0 aliphatic heterocycles. The standard InChI is InChI=1S/C11H15Cl2NO2S/c1-3-8(2)14-17(15,16)7-9-4-5-10(12)6-11(9)13/h4-6,8,14H,3,7H2,1-2H3/t8-/m1/s1. The predicted molar refractivity (Wildman–Crippen MR) is 72.0 cm³/mol. The number of hydrogen-bond acceptors (Lipinski definition) is 2. The molecule has 0 fully saturated rings. The van der Waals surface area contributed by atoms with E-state index in [0.29, 0.717) is 15.6 Å². The van der Waals surface area contributed by atoms with Crippen LogP contribution in [-0.2, 0) is 15.8 Å². The Morgan fingerprint density at radius 3 is 2.53 bits per heavy atom. The first-order valence-electron chi connectivity index (χ1n) is 5.28. The molecular formula is C11H15Cl2NO2S. The lowest BCUT2D eigenvalue weighted by Crippen LogP contribution is -2.33. The smallest absolute Gasteiger partial charge is 0.212 e. The lowest BCUT2D eigenvalue weighted by atomic mass is 10.2. The number of benzene rings is 1. The maximum Gasteiger partial charge on any atom is 0.216 e. The van der Waals surface area contributed by atoms with E-state index < -0.39 is 10.0 Å². The average Bonchev–Trinajstić information content (AvgIpc) is 2.21. The van der Waals surface area contributed by atoms with E-state index in [4.69, 9.17) is 23.2 Å². The SMILES string of the molecule is CC[C@@H](C)NS(=O)(=O)Cc1ccc(Cl)cc1Cl. The molecule has 0 aromatic heterocycles. The minimum absolute atomic E-state index is 0.0777.